The highest BCUT2D eigenvalue weighted by molar-refractivity contribution is 7.53. The zero-order valence-electron chi connectivity index (χ0n) is 17.4. The highest BCUT2D eigenvalue weighted by atomic mass is 31.2. The van der Waals surface area contributed by atoms with Crippen molar-refractivity contribution in [2.75, 3.05) is 26.0 Å². The molecule has 1 aromatic rings. The molecule has 0 saturated carbocycles. The summed E-state index contributed by atoms with van der Waals surface area (Å²) in [5, 5.41) is 0. The van der Waals surface area contributed by atoms with E-state index in [1.165, 1.54) is 44.1 Å². The van der Waals surface area contributed by atoms with E-state index in [0.717, 1.165) is 32.5 Å². The van der Waals surface area contributed by atoms with Crippen LogP contribution in [0.15, 0.2) is 30.3 Å². The summed E-state index contributed by atoms with van der Waals surface area (Å²) in [6, 6.07) is 10.3. The molecular formula is C22H39O4P. The normalized spacial score (nSPS) is 11.8. The molecule has 0 unspecified atom stereocenters. The molecule has 0 N–H and O–H groups in total. The lowest BCUT2D eigenvalue weighted by Crippen LogP contribution is -2.00. The Balaban J connectivity index is 1.85. The zero-order valence-corrected chi connectivity index (χ0v) is 18.3. The minimum atomic E-state index is -2.83. The summed E-state index contributed by atoms with van der Waals surface area (Å²) in [6.45, 7) is 6.21. The highest BCUT2D eigenvalue weighted by Gasteiger charge is 2.22. The number of ether oxygens (including phenoxy) is 1. The van der Waals surface area contributed by atoms with Gasteiger partial charge in [-0.05, 0) is 32.3 Å². The summed E-state index contributed by atoms with van der Waals surface area (Å²) in [7, 11) is -2.83. The Morgan fingerprint density at radius 1 is 0.741 bits per heavy atom. The molecular weight excluding hydrogens is 359 g/mol. The van der Waals surface area contributed by atoms with E-state index in [1.807, 2.05) is 19.9 Å². The molecule has 0 bridgehead atoms. The van der Waals surface area contributed by atoms with Crippen molar-refractivity contribution < 1.29 is 18.3 Å². The largest absolute Gasteiger partial charge is 0.377 e. The molecule has 4 nitrogen and oxygen atoms in total. The van der Waals surface area contributed by atoms with Crippen molar-refractivity contribution >= 4 is 7.60 Å². The van der Waals surface area contributed by atoms with E-state index >= 15 is 0 Å². The van der Waals surface area contributed by atoms with Gasteiger partial charge in [0.2, 0.25) is 0 Å². The third-order valence-corrected chi connectivity index (χ3v) is 6.65. The van der Waals surface area contributed by atoms with Gasteiger partial charge >= 0.3 is 7.60 Å². The van der Waals surface area contributed by atoms with Crippen LogP contribution in [0.1, 0.15) is 77.2 Å². The Hall–Kier alpha value is -0.670. The molecule has 0 aliphatic rings. The van der Waals surface area contributed by atoms with Crippen LogP contribution in [-0.2, 0) is 25.0 Å². The third-order valence-electron chi connectivity index (χ3n) is 4.48. The predicted octanol–water partition coefficient (Wildman–Crippen LogP) is 6.98. The monoisotopic (exact) mass is 398 g/mol. The van der Waals surface area contributed by atoms with Crippen LogP contribution in [0.4, 0.5) is 0 Å². The fourth-order valence-electron chi connectivity index (χ4n) is 3.07. The lowest BCUT2D eigenvalue weighted by Gasteiger charge is -2.16. The van der Waals surface area contributed by atoms with E-state index in [0.29, 0.717) is 19.4 Å². The quantitative estimate of drug-likeness (QED) is 0.198. The minimum Gasteiger partial charge on any atom is -0.377 e. The number of hydrogen-bond acceptors (Lipinski definition) is 4. The van der Waals surface area contributed by atoms with Crippen LogP contribution in [0.3, 0.4) is 0 Å². The molecule has 1 rings (SSSR count). The molecule has 0 heterocycles. The van der Waals surface area contributed by atoms with Crippen LogP contribution in [0.5, 0.6) is 0 Å². The molecule has 0 spiro atoms. The Morgan fingerprint density at radius 2 is 1.26 bits per heavy atom. The topological polar surface area (TPSA) is 44.8 Å². The van der Waals surface area contributed by atoms with Crippen molar-refractivity contribution in [1.82, 2.24) is 0 Å². The predicted molar refractivity (Wildman–Crippen MR) is 113 cm³/mol. The van der Waals surface area contributed by atoms with Crippen molar-refractivity contribution in [2.45, 2.75) is 78.2 Å². The van der Waals surface area contributed by atoms with Crippen molar-refractivity contribution in [3.8, 4) is 0 Å². The summed E-state index contributed by atoms with van der Waals surface area (Å²) < 4.78 is 28.7. The average Bonchev–Trinajstić information content (AvgIpc) is 2.66. The van der Waals surface area contributed by atoms with Gasteiger partial charge in [-0.25, -0.2) is 0 Å². The van der Waals surface area contributed by atoms with Gasteiger partial charge in [-0.2, -0.15) is 0 Å². The summed E-state index contributed by atoms with van der Waals surface area (Å²) >= 11 is 0. The van der Waals surface area contributed by atoms with Gasteiger partial charge in [0, 0.05) is 6.61 Å². The Bertz CT molecular complexity index is 482. The van der Waals surface area contributed by atoms with E-state index in [2.05, 4.69) is 24.3 Å². The molecule has 0 aliphatic carbocycles. The molecule has 0 saturated heterocycles. The van der Waals surface area contributed by atoms with Gasteiger partial charge in [-0.15, -0.1) is 0 Å². The van der Waals surface area contributed by atoms with Crippen molar-refractivity contribution in [3.05, 3.63) is 35.9 Å². The fourth-order valence-corrected chi connectivity index (χ4v) is 4.80. The molecule has 156 valence electrons. The summed E-state index contributed by atoms with van der Waals surface area (Å²) in [5.74, 6) is 0. The fraction of sp³-hybridized carbons (Fsp3) is 0.727. The first-order valence-electron chi connectivity index (χ1n) is 10.7. The van der Waals surface area contributed by atoms with Gasteiger partial charge in [-0.1, -0.05) is 75.3 Å². The number of rotatable bonds is 18. The third kappa shape index (κ3) is 13.2. The maximum atomic E-state index is 12.3. The smallest absolute Gasteiger partial charge is 0.330 e. The molecule has 0 amide bonds. The zero-order chi connectivity index (χ0) is 19.6. The maximum absolute atomic E-state index is 12.3. The number of hydrogen-bond donors (Lipinski definition) is 0. The van der Waals surface area contributed by atoms with Crippen LogP contribution in [0, 0.1) is 0 Å². The molecule has 0 aromatic heterocycles. The van der Waals surface area contributed by atoms with Gasteiger partial charge in [0.05, 0.1) is 26.0 Å². The lowest BCUT2D eigenvalue weighted by atomic mass is 10.1. The second-order valence-electron chi connectivity index (χ2n) is 6.89. The molecule has 27 heavy (non-hydrogen) atoms. The van der Waals surface area contributed by atoms with Crippen LogP contribution in [-0.4, -0.2) is 26.0 Å². The summed E-state index contributed by atoms with van der Waals surface area (Å²) in [6.07, 6.45) is 11.3. The standard InChI is InChI=1S/C22H39O4P/c1-3-25-27(23,26-4-2)20-16-11-9-7-5-6-8-10-15-19-24-21-22-17-13-12-14-18-22/h12-14,17-18H,3-11,15-16,19-21H2,1-2H3. The maximum Gasteiger partial charge on any atom is 0.330 e. The molecule has 0 radical (unpaired) electrons. The number of benzene rings is 1. The Kier molecular flexibility index (Phi) is 14.7. The molecule has 0 atom stereocenters. The average molecular weight is 399 g/mol. The molecule has 0 aliphatic heterocycles. The summed E-state index contributed by atoms with van der Waals surface area (Å²) in [5.41, 5.74) is 1.25. The summed E-state index contributed by atoms with van der Waals surface area (Å²) in [4.78, 5) is 0. The van der Waals surface area contributed by atoms with Crippen LogP contribution in [0.25, 0.3) is 0 Å². The lowest BCUT2D eigenvalue weighted by molar-refractivity contribution is 0.116. The van der Waals surface area contributed by atoms with Crippen molar-refractivity contribution in [3.63, 3.8) is 0 Å². The van der Waals surface area contributed by atoms with Crippen LogP contribution in [0.2, 0.25) is 0 Å². The highest BCUT2D eigenvalue weighted by Crippen LogP contribution is 2.48. The van der Waals surface area contributed by atoms with Gasteiger partial charge in [0.25, 0.3) is 0 Å². The van der Waals surface area contributed by atoms with Crippen molar-refractivity contribution in [1.29, 1.82) is 0 Å². The van der Waals surface area contributed by atoms with Gasteiger partial charge in [-0.3, -0.25) is 4.57 Å². The molecule has 0 fully saturated rings. The van der Waals surface area contributed by atoms with Crippen LogP contribution < -0.4 is 0 Å². The van der Waals surface area contributed by atoms with Crippen molar-refractivity contribution in [2.24, 2.45) is 0 Å². The second kappa shape index (κ2) is 16.3. The van der Waals surface area contributed by atoms with Crippen LogP contribution >= 0.6 is 7.60 Å². The Labute approximate surface area is 166 Å². The molecule has 1 aromatic carbocycles. The molecule has 5 heteroatoms. The van der Waals surface area contributed by atoms with Gasteiger partial charge in [0.15, 0.2) is 0 Å². The minimum absolute atomic E-state index is 0.453. The van der Waals surface area contributed by atoms with E-state index in [9.17, 15) is 4.57 Å². The SMILES string of the molecule is CCOP(=O)(CCCCCCCCCCCOCc1ccccc1)OCC. The Morgan fingerprint density at radius 3 is 1.81 bits per heavy atom. The number of unbranched alkanes of at least 4 members (excludes halogenated alkanes) is 8. The van der Waals surface area contributed by atoms with Gasteiger partial charge < -0.3 is 13.8 Å². The first-order chi connectivity index (χ1) is 13.2. The second-order valence-corrected chi connectivity index (χ2v) is 9.08. The van der Waals surface area contributed by atoms with E-state index in [1.54, 1.807) is 0 Å². The van der Waals surface area contributed by atoms with E-state index < -0.39 is 7.60 Å². The van der Waals surface area contributed by atoms with E-state index in [-0.39, 0.29) is 0 Å². The first kappa shape index (κ1) is 24.4. The van der Waals surface area contributed by atoms with Gasteiger partial charge in [0.1, 0.15) is 0 Å². The first-order valence-corrected chi connectivity index (χ1v) is 12.4. The van der Waals surface area contributed by atoms with E-state index in [4.69, 9.17) is 13.8 Å².